The van der Waals surface area contributed by atoms with Crippen LogP contribution in [0.3, 0.4) is 0 Å². The van der Waals surface area contributed by atoms with Crippen molar-refractivity contribution < 1.29 is 4.79 Å². The zero-order valence-electron chi connectivity index (χ0n) is 8.51. The summed E-state index contributed by atoms with van der Waals surface area (Å²) >= 11 is 5.87. The first-order chi connectivity index (χ1) is 7.61. The number of pyridine rings is 1. The van der Waals surface area contributed by atoms with Gasteiger partial charge in [-0.25, -0.2) is 0 Å². The van der Waals surface area contributed by atoms with Crippen LogP contribution in [-0.2, 0) is 7.05 Å². The number of nitrogens with zero attached hydrogens (tertiary/aromatic N) is 3. The van der Waals surface area contributed by atoms with Crippen molar-refractivity contribution in [1.82, 2.24) is 14.8 Å². The molecule has 0 aliphatic carbocycles. The number of aryl methyl sites for hydroxylation is 1. The second-order valence-corrected chi connectivity index (χ2v) is 3.64. The predicted molar refractivity (Wildman–Crippen MR) is 60.3 cm³/mol. The Morgan fingerprint density at radius 1 is 1.56 bits per heavy atom. The molecule has 0 aromatic carbocycles. The quantitative estimate of drug-likeness (QED) is 0.798. The maximum atomic E-state index is 12.1. The Bertz CT molecular complexity index is 530. The van der Waals surface area contributed by atoms with Crippen molar-refractivity contribution in [3.05, 3.63) is 40.9 Å². The summed E-state index contributed by atoms with van der Waals surface area (Å²) in [6.45, 7) is 0. The molecule has 0 aliphatic rings. The van der Waals surface area contributed by atoms with Gasteiger partial charge in [0.1, 0.15) is 11.4 Å². The molecule has 0 saturated heterocycles. The number of halogens is 1. The molecular formula is C10H9ClN4O. The van der Waals surface area contributed by atoms with Crippen LogP contribution in [0.5, 0.6) is 0 Å². The second-order valence-electron chi connectivity index (χ2n) is 3.24. The Balaban J connectivity index is 2.52. The fraction of sp³-hybridized carbons (Fsp3) is 0.100. The SMILES string of the molecule is Cn1ncc(Cl)c1C(=O)c1ncccc1N. The molecule has 0 bridgehead atoms. The summed E-state index contributed by atoms with van der Waals surface area (Å²) in [5.74, 6) is -0.330. The molecule has 0 atom stereocenters. The van der Waals surface area contributed by atoms with Gasteiger partial charge >= 0.3 is 0 Å². The van der Waals surface area contributed by atoms with Gasteiger partial charge in [0, 0.05) is 13.2 Å². The summed E-state index contributed by atoms with van der Waals surface area (Å²) in [7, 11) is 1.64. The van der Waals surface area contributed by atoms with Gasteiger partial charge in [-0.2, -0.15) is 5.10 Å². The average molecular weight is 237 g/mol. The van der Waals surface area contributed by atoms with Crippen molar-refractivity contribution >= 4 is 23.1 Å². The first kappa shape index (κ1) is 10.6. The lowest BCUT2D eigenvalue weighted by molar-refractivity contribution is 0.102. The van der Waals surface area contributed by atoms with Crippen molar-refractivity contribution in [3.63, 3.8) is 0 Å². The number of anilines is 1. The van der Waals surface area contributed by atoms with Crippen molar-refractivity contribution in [3.8, 4) is 0 Å². The van der Waals surface area contributed by atoms with Crippen LogP contribution in [0, 0.1) is 0 Å². The summed E-state index contributed by atoms with van der Waals surface area (Å²) in [6, 6.07) is 3.28. The molecule has 5 nitrogen and oxygen atoms in total. The van der Waals surface area contributed by atoms with E-state index in [1.807, 2.05) is 0 Å². The van der Waals surface area contributed by atoms with Crippen LogP contribution in [0.1, 0.15) is 16.2 Å². The molecule has 0 spiro atoms. The van der Waals surface area contributed by atoms with Gasteiger partial charge in [-0.1, -0.05) is 11.6 Å². The van der Waals surface area contributed by atoms with Crippen LogP contribution < -0.4 is 5.73 Å². The highest BCUT2D eigenvalue weighted by Gasteiger charge is 2.20. The summed E-state index contributed by atoms with van der Waals surface area (Å²) in [4.78, 5) is 16.0. The van der Waals surface area contributed by atoms with E-state index in [1.54, 1.807) is 19.2 Å². The molecule has 0 saturated carbocycles. The minimum atomic E-state index is -0.330. The summed E-state index contributed by atoms with van der Waals surface area (Å²) in [5, 5.41) is 4.18. The van der Waals surface area contributed by atoms with Crippen molar-refractivity contribution in [2.24, 2.45) is 7.05 Å². The van der Waals surface area contributed by atoms with Gasteiger partial charge in [0.15, 0.2) is 0 Å². The third kappa shape index (κ3) is 1.65. The molecule has 0 unspecified atom stereocenters. The smallest absolute Gasteiger partial charge is 0.232 e. The molecule has 2 N–H and O–H groups in total. The Morgan fingerprint density at radius 2 is 2.31 bits per heavy atom. The molecule has 0 fully saturated rings. The van der Waals surface area contributed by atoms with Crippen LogP contribution in [0.15, 0.2) is 24.5 Å². The maximum Gasteiger partial charge on any atom is 0.232 e. The Hall–Kier alpha value is -1.88. The number of hydrogen-bond acceptors (Lipinski definition) is 4. The Morgan fingerprint density at radius 3 is 2.88 bits per heavy atom. The van der Waals surface area contributed by atoms with E-state index in [9.17, 15) is 4.79 Å². The fourth-order valence-corrected chi connectivity index (χ4v) is 1.64. The van der Waals surface area contributed by atoms with Crippen LogP contribution in [-0.4, -0.2) is 20.5 Å². The lowest BCUT2D eigenvalue weighted by Crippen LogP contribution is -2.12. The van der Waals surface area contributed by atoms with Crippen molar-refractivity contribution in [2.45, 2.75) is 0 Å². The van der Waals surface area contributed by atoms with Gasteiger partial charge in [-0.05, 0) is 12.1 Å². The zero-order chi connectivity index (χ0) is 11.7. The van der Waals surface area contributed by atoms with Crippen LogP contribution in [0.4, 0.5) is 5.69 Å². The highest BCUT2D eigenvalue weighted by Crippen LogP contribution is 2.19. The van der Waals surface area contributed by atoms with E-state index in [4.69, 9.17) is 17.3 Å². The standard InChI is InChI=1S/C10H9ClN4O/c1-15-9(6(11)5-14-15)10(16)8-7(12)3-2-4-13-8/h2-5H,12H2,1H3. The predicted octanol–water partition coefficient (Wildman–Crippen LogP) is 1.28. The first-order valence-electron chi connectivity index (χ1n) is 4.54. The van der Waals surface area contributed by atoms with E-state index in [0.717, 1.165) is 0 Å². The molecule has 16 heavy (non-hydrogen) atoms. The molecule has 0 amide bonds. The summed E-state index contributed by atoms with van der Waals surface area (Å²) < 4.78 is 1.40. The third-order valence-electron chi connectivity index (χ3n) is 2.16. The third-order valence-corrected chi connectivity index (χ3v) is 2.44. The summed E-state index contributed by atoms with van der Waals surface area (Å²) in [5.41, 5.74) is 6.47. The number of carbonyl (C=O) groups excluding carboxylic acids is 1. The van der Waals surface area contributed by atoms with E-state index in [1.165, 1.54) is 17.1 Å². The number of carbonyl (C=O) groups is 1. The lowest BCUT2D eigenvalue weighted by Gasteiger charge is -2.03. The molecule has 2 aromatic heterocycles. The molecule has 82 valence electrons. The number of aromatic nitrogens is 3. The minimum Gasteiger partial charge on any atom is -0.397 e. The van der Waals surface area contributed by atoms with E-state index in [-0.39, 0.29) is 22.2 Å². The Kier molecular flexibility index (Phi) is 2.62. The van der Waals surface area contributed by atoms with Crippen molar-refractivity contribution in [1.29, 1.82) is 0 Å². The second kappa shape index (κ2) is 3.94. The van der Waals surface area contributed by atoms with Gasteiger partial charge in [0.25, 0.3) is 0 Å². The van der Waals surface area contributed by atoms with Crippen LogP contribution in [0.2, 0.25) is 5.02 Å². The van der Waals surface area contributed by atoms with Crippen LogP contribution in [0.25, 0.3) is 0 Å². The topological polar surface area (TPSA) is 73.8 Å². The van der Waals surface area contributed by atoms with E-state index >= 15 is 0 Å². The first-order valence-corrected chi connectivity index (χ1v) is 4.91. The van der Waals surface area contributed by atoms with Crippen LogP contribution >= 0.6 is 11.6 Å². The monoisotopic (exact) mass is 236 g/mol. The van der Waals surface area contributed by atoms with E-state index in [0.29, 0.717) is 5.69 Å². The summed E-state index contributed by atoms with van der Waals surface area (Å²) in [6.07, 6.45) is 2.92. The minimum absolute atomic E-state index is 0.188. The van der Waals surface area contributed by atoms with Gasteiger partial charge in [-0.15, -0.1) is 0 Å². The van der Waals surface area contributed by atoms with Gasteiger partial charge < -0.3 is 5.73 Å². The largest absolute Gasteiger partial charge is 0.397 e. The van der Waals surface area contributed by atoms with Gasteiger partial charge in [0.2, 0.25) is 5.78 Å². The average Bonchev–Trinajstić information content (AvgIpc) is 2.58. The zero-order valence-corrected chi connectivity index (χ0v) is 9.27. The maximum absolute atomic E-state index is 12.1. The number of rotatable bonds is 2. The molecule has 0 radical (unpaired) electrons. The molecule has 6 heteroatoms. The van der Waals surface area contributed by atoms with Gasteiger partial charge in [-0.3, -0.25) is 14.5 Å². The Labute approximate surface area is 96.8 Å². The molecule has 2 heterocycles. The number of nitrogen functional groups attached to an aromatic ring is 1. The number of nitrogens with two attached hydrogens (primary N) is 1. The van der Waals surface area contributed by atoms with Gasteiger partial charge in [0.05, 0.1) is 16.9 Å². The fourth-order valence-electron chi connectivity index (χ4n) is 1.39. The lowest BCUT2D eigenvalue weighted by atomic mass is 10.1. The normalized spacial score (nSPS) is 10.4. The molecule has 0 aliphatic heterocycles. The molecule has 2 rings (SSSR count). The van der Waals surface area contributed by atoms with E-state index in [2.05, 4.69) is 10.1 Å². The highest BCUT2D eigenvalue weighted by atomic mass is 35.5. The molecular weight excluding hydrogens is 228 g/mol. The number of hydrogen-bond donors (Lipinski definition) is 1. The highest BCUT2D eigenvalue weighted by molar-refractivity contribution is 6.34. The van der Waals surface area contributed by atoms with E-state index < -0.39 is 0 Å². The van der Waals surface area contributed by atoms with Crippen molar-refractivity contribution in [2.75, 3.05) is 5.73 Å². The molecule has 2 aromatic rings. The number of ketones is 1.